The Morgan fingerprint density at radius 1 is 1.44 bits per heavy atom. The zero-order valence-electron chi connectivity index (χ0n) is 10.0. The molecule has 0 aromatic carbocycles. The topological polar surface area (TPSA) is 101 Å². The van der Waals surface area contributed by atoms with E-state index in [0.29, 0.717) is 12.6 Å². The Morgan fingerprint density at radius 3 is 2.67 bits per heavy atom. The van der Waals surface area contributed by atoms with Crippen molar-refractivity contribution in [3.05, 3.63) is 17.7 Å². The van der Waals surface area contributed by atoms with E-state index >= 15 is 0 Å². The molecule has 0 radical (unpaired) electrons. The summed E-state index contributed by atoms with van der Waals surface area (Å²) in [5, 5.41) is 30.3. The molecule has 0 amide bonds. The molecule has 1 aromatic rings. The molecule has 1 unspecified atom stereocenters. The molecule has 1 saturated carbocycles. The Hall–Kier alpha value is -2.36. The zero-order valence-corrected chi connectivity index (χ0v) is 10.0. The monoisotopic (exact) mass is 240 g/mol. The van der Waals surface area contributed by atoms with E-state index in [2.05, 4.69) is 16.4 Å². The largest absolute Gasteiger partial charge is 0.318 e. The highest BCUT2D eigenvalue weighted by atomic mass is 15.1. The van der Waals surface area contributed by atoms with E-state index < -0.39 is 5.54 Å². The maximum atomic E-state index is 9.26. The van der Waals surface area contributed by atoms with Crippen LogP contribution in [-0.2, 0) is 6.54 Å². The minimum atomic E-state index is -0.750. The molecule has 1 heterocycles. The molecule has 1 fully saturated rings. The average Bonchev–Trinajstić information content (AvgIpc) is 3.08. The fourth-order valence-corrected chi connectivity index (χ4v) is 1.83. The van der Waals surface area contributed by atoms with E-state index in [1.165, 1.54) is 6.33 Å². The lowest BCUT2D eigenvalue weighted by Gasteiger charge is -2.23. The van der Waals surface area contributed by atoms with Crippen molar-refractivity contribution < 1.29 is 0 Å². The van der Waals surface area contributed by atoms with Crippen LogP contribution < -0.4 is 5.32 Å². The summed E-state index contributed by atoms with van der Waals surface area (Å²) in [5.74, 6) is 0. The Kier molecular flexibility index (Phi) is 3.02. The average molecular weight is 240 g/mol. The van der Waals surface area contributed by atoms with Gasteiger partial charge < -0.3 is 4.57 Å². The molecule has 1 N–H and O–H groups in total. The number of nitriles is 3. The van der Waals surface area contributed by atoms with Crippen molar-refractivity contribution in [1.29, 1.82) is 15.8 Å². The lowest BCUT2D eigenvalue weighted by Crippen LogP contribution is -2.46. The molecule has 0 bridgehead atoms. The summed E-state index contributed by atoms with van der Waals surface area (Å²) in [4.78, 5) is 3.86. The highest BCUT2D eigenvalue weighted by Crippen LogP contribution is 2.23. The van der Waals surface area contributed by atoms with Gasteiger partial charge in [0.1, 0.15) is 17.7 Å². The number of imidazole rings is 1. The van der Waals surface area contributed by atoms with Gasteiger partial charge in [0, 0.05) is 6.04 Å². The van der Waals surface area contributed by atoms with Crippen molar-refractivity contribution in [2.75, 3.05) is 0 Å². The van der Waals surface area contributed by atoms with Crippen molar-refractivity contribution >= 4 is 0 Å². The SMILES string of the molecule is CC(C#N)(Cn1cnc(C#N)c1C#N)NC1CC1. The summed E-state index contributed by atoms with van der Waals surface area (Å²) < 4.78 is 1.55. The quantitative estimate of drug-likeness (QED) is 0.833. The first-order valence-corrected chi connectivity index (χ1v) is 5.66. The van der Waals surface area contributed by atoms with Crippen LogP contribution in [-0.4, -0.2) is 21.1 Å². The van der Waals surface area contributed by atoms with E-state index in [0.717, 1.165) is 12.8 Å². The maximum absolute atomic E-state index is 9.26. The van der Waals surface area contributed by atoms with Crippen LogP contribution in [0.1, 0.15) is 31.2 Å². The van der Waals surface area contributed by atoms with Crippen LogP contribution in [0.5, 0.6) is 0 Å². The third-order valence-corrected chi connectivity index (χ3v) is 2.88. The Bertz CT molecular complexity index is 577. The number of aromatic nitrogens is 2. The van der Waals surface area contributed by atoms with Crippen molar-refractivity contribution in [2.45, 2.75) is 37.9 Å². The van der Waals surface area contributed by atoms with Gasteiger partial charge in [0.15, 0.2) is 11.4 Å². The van der Waals surface area contributed by atoms with Gasteiger partial charge in [-0.15, -0.1) is 0 Å². The van der Waals surface area contributed by atoms with Crippen LogP contribution in [0.2, 0.25) is 0 Å². The van der Waals surface area contributed by atoms with Gasteiger partial charge in [-0.3, -0.25) is 5.32 Å². The predicted molar refractivity (Wildman–Crippen MR) is 61.8 cm³/mol. The molecular formula is C12H12N6. The number of nitrogens with zero attached hydrogens (tertiary/aromatic N) is 5. The van der Waals surface area contributed by atoms with Gasteiger partial charge >= 0.3 is 0 Å². The normalized spacial score (nSPS) is 17.2. The molecule has 1 aliphatic rings. The molecule has 0 spiro atoms. The minimum absolute atomic E-state index is 0.101. The second kappa shape index (κ2) is 4.49. The number of nitrogens with one attached hydrogen (secondary N) is 1. The van der Waals surface area contributed by atoms with E-state index in [1.807, 2.05) is 12.1 Å². The van der Waals surface area contributed by atoms with Gasteiger partial charge in [-0.05, 0) is 19.8 Å². The summed E-state index contributed by atoms with van der Waals surface area (Å²) in [7, 11) is 0. The van der Waals surface area contributed by atoms with Gasteiger partial charge in [0.05, 0.1) is 18.9 Å². The predicted octanol–water partition coefficient (Wildman–Crippen LogP) is 0.661. The summed E-state index contributed by atoms with van der Waals surface area (Å²) >= 11 is 0. The van der Waals surface area contributed by atoms with Crippen molar-refractivity contribution in [3.63, 3.8) is 0 Å². The fraction of sp³-hybridized carbons (Fsp3) is 0.500. The Morgan fingerprint density at radius 2 is 2.17 bits per heavy atom. The van der Waals surface area contributed by atoms with E-state index in [1.54, 1.807) is 11.5 Å². The zero-order chi connectivity index (χ0) is 13.2. The minimum Gasteiger partial charge on any atom is -0.318 e. The molecule has 0 aliphatic heterocycles. The van der Waals surface area contributed by atoms with E-state index in [-0.39, 0.29) is 11.4 Å². The summed E-state index contributed by atoms with van der Waals surface area (Å²) in [6.07, 6.45) is 3.59. The molecule has 1 aromatic heterocycles. The van der Waals surface area contributed by atoms with Crippen LogP contribution >= 0.6 is 0 Å². The molecule has 6 nitrogen and oxygen atoms in total. The van der Waals surface area contributed by atoms with Crippen LogP contribution in [0.25, 0.3) is 0 Å². The molecule has 90 valence electrons. The molecule has 18 heavy (non-hydrogen) atoms. The number of rotatable bonds is 4. The molecular weight excluding hydrogens is 228 g/mol. The Balaban J connectivity index is 2.22. The van der Waals surface area contributed by atoms with Gasteiger partial charge in [-0.2, -0.15) is 15.8 Å². The third kappa shape index (κ3) is 2.32. The first-order chi connectivity index (χ1) is 8.61. The van der Waals surface area contributed by atoms with Gasteiger partial charge in [0.25, 0.3) is 0 Å². The number of hydrogen-bond donors (Lipinski definition) is 1. The van der Waals surface area contributed by atoms with Crippen LogP contribution in [0.15, 0.2) is 6.33 Å². The highest BCUT2D eigenvalue weighted by Gasteiger charge is 2.33. The van der Waals surface area contributed by atoms with Crippen molar-refractivity contribution in [1.82, 2.24) is 14.9 Å². The fourth-order valence-electron chi connectivity index (χ4n) is 1.83. The standard InChI is InChI=1S/C12H12N6/c1-12(6-15,17-9-2-3-9)7-18-8-16-10(4-13)11(18)5-14/h8-9,17H,2-3,7H2,1H3. The lowest BCUT2D eigenvalue weighted by molar-refractivity contribution is 0.383. The van der Waals surface area contributed by atoms with Gasteiger partial charge in [-0.25, -0.2) is 4.98 Å². The molecule has 6 heteroatoms. The Labute approximate surface area is 105 Å². The van der Waals surface area contributed by atoms with Gasteiger partial charge in [0.2, 0.25) is 0 Å². The molecule has 1 atom stereocenters. The van der Waals surface area contributed by atoms with E-state index in [4.69, 9.17) is 10.5 Å². The molecule has 1 aliphatic carbocycles. The van der Waals surface area contributed by atoms with Crippen molar-refractivity contribution in [2.24, 2.45) is 0 Å². The smallest absolute Gasteiger partial charge is 0.176 e. The van der Waals surface area contributed by atoms with Gasteiger partial charge in [-0.1, -0.05) is 0 Å². The van der Waals surface area contributed by atoms with Crippen LogP contribution in [0.3, 0.4) is 0 Å². The molecule has 2 rings (SSSR count). The summed E-state index contributed by atoms with van der Waals surface area (Å²) in [6.45, 7) is 2.09. The number of hydrogen-bond acceptors (Lipinski definition) is 5. The van der Waals surface area contributed by atoms with Crippen LogP contribution in [0.4, 0.5) is 0 Å². The highest BCUT2D eigenvalue weighted by molar-refractivity contribution is 5.36. The summed E-state index contributed by atoms with van der Waals surface area (Å²) in [6, 6.07) is 6.43. The molecule has 0 saturated heterocycles. The van der Waals surface area contributed by atoms with Crippen molar-refractivity contribution in [3.8, 4) is 18.2 Å². The van der Waals surface area contributed by atoms with Crippen LogP contribution in [0, 0.1) is 34.0 Å². The second-order valence-electron chi connectivity index (χ2n) is 4.66. The lowest BCUT2D eigenvalue weighted by atomic mass is 10.0. The third-order valence-electron chi connectivity index (χ3n) is 2.88. The van der Waals surface area contributed by atoms with E-state index in [9.17, 15) is 5.26 Å². The first-order valence-electron chi connectivity index (χ1n) is 5.66. The maximum Gasteiger partial charge on any atom is 0.176 e. The second-order valence-corrected chi connectivity index (χ2v) is 4.66. The first kappa shape index (κ1) is 12.1. The summed E-state index contributed by atoms with van der Waals surface area (Å²) in [5.41, 5.74) is -0.444.